The summed E-state index contributed by atoms with van der Waals surface area (Å²) in [5, 5.41) is 9.77. The van der Waals surface area contributed by atoms with Crippen LogP contribution in [0.5, 0.6) is 5.75 Å². The Balaban J connectivity index is 1.90. The van der Waals surface area contributed by atoms with Crippen molar-refractivity contribution < 1.29 is 14.6 Å². The summed E-state index contributed by atoms with van der Waals surface area (Å²) in [7, 11) is 0. The molecule has 1 saturated carbocycles. The minimum atomic E-state index is -0.136. The lowest BCUT2D eigenvalue weighted by Crippen LogP contribution is -2.20. The first-order valence-electron chi connectivity index (χ1n) is 6.48. The first kappa shape index (κ1) is 12.9. The van der Waals surface area contributed by atoms with E-state index in [4.69, 9.17) is 4.74 Å². The van der Waals surface area contributed by atoms with Crippen molar-refractivity contribution in [3.8, 4) is 5.75 Å². The van der Waals surface area contributed by atoms with Gasteiger partial charge in [-0.1, -0.05) is 19.3 Å². The number of hydrogen-bond donors (Lipinski definition) is 1. The van der Waals surface area contributed by atoms with Crippen molar-refractivity contribution in [1.82, 2.24) is 4.98 Å². The number of aryl methyl sites for hydroxylation is 1. The number of aromatic hydroxyl groups is 1. The van der Waals surface area contributed by atoms with Crippen LogP contribution in [0.3, 0.4) is 0 Å². The van der Waals surface area contributed by atoms with E-state index in [1.165, 1.54) is 6.42 Å². The third-order valence-corrected chi connectivity index (χ3v) is 3.50. The van der Waals surface area contributed by atoms with Crippen LogP contribution in [-0.4, -0.2) is 16.1 Å². The van der Waals surface area contributed by atoms with Crippen molar-refractivity contribution in [2.45, 2.75) is 45.6 Å². The molecule has 1 fully saturated rings. The van der Waals surface area contributed by atoms with Crippen LogP contribution in [0.15, 0.2) is 12.3 Å². The van der Waals surface area contributed by atoms with Crippen molar-refractivity contribution in [3.05, 3.63) is 23.5 Å². The van der Waals surface area contributed by atoms with E-state index in [0.29, 0.717) is 11.3 Å². The Morgan fingerprint density at radius 1 is 1.44 bits per heavy atom. The molecule has 4 nitrogen and oxygen atoms in total. The predicted octanol–water partition coefficient (Wildman–Crippen LogP) is 2.72. The van der Waals surface area contributed by atoms with Crippen LogP contribution in [0, 0.1) is 12.8 Å². The van der Waals surface area contributed by atoms with Crippen LogP contribution >= 0.6 is 0 Å². The average molecular weight is 249 g/mol. The summed E-state index contributed by atoms with van der Waals surface area (Å²) in [6.45, 7) is 1.85. The normalized spacial score (nSPS) is 16.5. The van der Waals surface area contributed by atoms with Gasteiger partial charge >= 0.3 is 5.97 Å². The molecule has 0 aromatic carbocycles. The van der Waals surface area contributed by atoms with Gasteiger partial charge in [-0.05, 0) is 25.8 Å². The van der Waals surface area contributed by atoms with Crippen LogP contribution in [0.25, 0.3) is 0 Å². The van der Waals surface area contributed by atoms with E-state index >= 15 is 0 Å². The molecule has 0 bridgehead atoms. The number of aromatic nitrogens is 1. The lowest BCUT2D eigenvalue weighted by molar-refractivity contribution is -0.151. The molecule has 0 atom stereocenters. The minimum absolute atomic E-state index is 0.0452. The Kier molecular flexibility index (Phi) is 4.18. The zero-order valence-electron chi connectivity index (χ0n) is 10.7. The van der Waals surface area contributed by atoms with Crippen LogP contribution in [-0.2, 0) is 16.1 Å². The van der Waals surface area contributed by atoms with Gasteiger partial charge in [0, 0.05) is 11.8 Å². The maximum atomic E-state index is 11.8. The van der Waals surface area contributed by atoms with E-state index in [0.717, 1.165) is 25.7 Å². The summed E-state index contributed by atoms with van der Waals surface area (Å²) in [5.41, 5.74) is 1.17. The zero-order valence-corrected chi connectivity index (χ0v) is 10.7. The van der Waals surface area contributed by atoms with Crippen molar-refractivity contribution in [2.24, 2.45) is 5.92 Å². The maximum absolute atomic E-state index is 11.8. The van der Waals surface area contributed by atoms with Gasteiger partial charge in [-0.3, -0.25) is 9.78 Å². The fourth-order valence-corrected chi connectivity index (χ4v) is 2.33. The molecule has 2 rings (SSSR count). The molecule has 1 aliphatic rings. The van der Waals surface area contributed by atoms with E-state index < -0.39 is 0 Å². The van der Waals surface area contributed by atoms with Gasteiger partial charge in [-0.15, -0.1) is 0 Å². The third-order valence-electron chi connectivity index (χ3n) is 3.50. The van der Waals surface area contributed by atoms with Gasteiger partial charge in [-0.25, -0.2) is 0 Å². The van der Waals surface area contributed by atoms with Gasteiger partial charge in [0.15, 0.2) is 0 Å². The Morgan fingerprint density at radius 3 is 2.89 bits per heavy atom. The molecule has 0 unspecified atom stereocenters. The van der Waals surface area contributed by atoms with Crippen molar-refractivity contribution in [2.75, 3.05) is 0 Å². The molecule has 1 heterocycles. The van der Waals surface area contributed by atoms with Crippen molar-refractivity contribution in [3.63, 3.8) is 0 Å². The molecule has 0 spiro atoms. The van der Waals surface area contributed by atoms with Crippen molar-refractivity contribution >= 4 is 5.97 Å². The molecule has 4 heteroatoms. The highest BCUT2D eigenvalue weighted by atomic mass is 16.5. The first-order valence-corrected chi connectivity index (χ1v) is 6.48. The number of nitrogens with zero attached hydrogens (tertiary/aromatic N) is 1. The average Bonchev–Trinajstić information content (AvgIpc) is 2.41. The maximum Gasteiger partial charge on any atom is 0.309 e. The zero-order chi connectivity index (χ0) is 13.0. The minimum Gasteiger partial charge on any atom is -0.506 e. The van der Waals surface area contributed by atoms with Gasteiger partial charge in [0.1, 0.15) is 12.4 Å². The van der Waals surface area contributed by atoms with Gasteiger partial charge in [0.25, 0.3) is 0 Å². The molecule has 1 N–H and O–H groups in total. The monoisotopic (exact) mass is 249 g/mol. The number of carbonyl (C=O) groups excluding carboxylic acids is 1. The van der Waals surface area contributed by atoms with Crippen molar-refractivity contribution in [1.29, 1.82) is 0 Å². The number of rotatable bonds is 3. The second-order valence-corrected chi connectivity index (χ2v) is 4.85. The summed E-state index contributed by atoms with van der Waals surface area (Å²) in [5.74, 6) is 0.0290. The highest BCUT2D eigenvalue weighted by molar-refractivity contribution is 5.72. The molecule has 0 amide bonds. The molecule has 98 valence electrons. The Morgan fingerprint density at radius 2 is 2.17 bits per heavy atom. The summed E-state index contributed by atoms with van der Waals surface area (Å²) < 4.78 is 5.28. The lowest BCUT2D eigenvalue weighted by atomic mass is 9.89. The molecule has 1 aromatic heterocycles. The SMILES string of the molecule is Cc1nccc(COC(=O)C2CCCCC2)c1O. The van der Waals surface area contributed by atoms with Gasteiger partial charge in [0.05, 0.1) is 11.6 Å². The second kappa shape index (κ2) is 5.85. The molecule has 0 radical (unpaired) electrons. The number of ether oxygens (including phenoxy) is 1. The van der Waals surface area contributed by atoms with E-state index in [1.54, 1.807) is 19.2 Å². The van der Waals surface area contributed by atoms with Gasteiger partial charge < -0.3 is 9.84 Å². The molecule has 1 aromatic rings. The standard InChI is InChI=1S/C14H19NO3/c1-10-13(16)12(7-8-15-10)9-18-14(17)11-5-3-2-4-6-11/h7-8,11,16H,2-6,9H2,1H3. The Hall–Kier alpha value is -1.58. The molecular weight excluding hydrogens is 230 g/mol. The summed E-state index contributed by atoms with van der Waals surface area (Å²) >= 11 is 0. The topological polar surface area (TPSA) is 59.4 Å². The molecule has 18 heavy (non-hydrogen) atoms. The smallest absolute Gasteiger partial charge is 0.309 e. The van der Waals surface area contributed by atoms with Gasteiger partial charge in [-0.2, -0.15) is 0 Å². The van der Waals surface area contributed by atoms with Crippen LogP contribution in [0.2, 0.25) is 0 Å². The summed E-state index contributed by atoms with van der Waals surface area (Å²) in [6.07, 6.45) is 6.91. The number of esters is 1. The highest BCUT2D eigenvalue weighted by Crippen LogP contribution is 2.26. The van der Waals surface area contributed by atoms with Gasteiger partial charge in [0.2, 0.25) is 0 Å². The van der Waals surface area contributed by atoms with Crippen LogP contribution < -0.4 is 0 Å². The molecule has 0 saturated heterocycles. The number of carbonyl (C=O) groups is 1. The lowest BCUT2D eigenvalue weighted by Gasteiger charge is -2.20. The quantitative estimate of drug-likeness (QED) is 0.837. The van der Waals surface area contributed by atoms with E-state index in [9.17, 15) is 9.90 Å². The second-order valence-electron chi connectivity index (χ2n) is 4.85. The first-order chi connectivity index (χ1) is 8.68. The van der Waals surface area contributed by atoms with Crippen LogP contribution in [0.4, 0.5) is 0 Å². The van der Waals surface area contributed by atoms with E-state index in [-0.39, 0.29) is 24.2 Å². The van der Waals surface area contributed by atoms with E-state index in [1.807, 2.05) is 0 Å². The Labute approximate surface area is 107 Å². The summed E-state index contributed by atoms with van der Waals surface area (Å²) in [6, 6.07) is 1.68. The molecule has 0 aliphatic heterocycles. The number of hydrogen-bond acceptors (Lipinski definition) is 4. The Bertz CT molecular complexity index is 425. The third kappa shape index (κ3) is 3.00. The predicted molar refractivity (Wildman–Crippen MR) is 67.0 cm³/mol. The van der Waals surface area contributed by atoms with E-state index in [2.05, 4.69) is 4.98 Å². The van der Waals surface area contributed by atoms with Crippen LogP contribution in [0.1, 0.15) is 43.4 Å². The fourth-order valence-electron chi connectivity index (χ4n) is 2.33. The number of pyridine rings is 1. The molecular formula is C14H19NO3. The largest absolute Gasteiger partial charge is 0.506 e. The fraction of sp³-hybridized carbons (Fsp3) is 0.571. The summed E-state index contributed by atoms with van der Waals surface area (Å²) in [4.78, 5) is 15.8. The highest BCUT2D eigenvalue weighted by Gasteiger charge is 2.22. The molecule has 1 aliphatic carbocycles.